The molecule has 0 saturated heterocycles. The number of hydrogen-bond donors (Lipinski definition) is 1. The maximum Gasteiger partial charge on any atom is 0.149 e. The van der Waals surface area contributed by atoms with E-state index in [9.17, 15) is 0 Å². The van der Waals surface area contributed by atoms with Crippen molar-refractivity contribution in [3.8, 4) is 17.0 Å². The molecular weight excluding hydrogens is 226 g/mol. The van der Waals surface area contributed by atoms with Gasteiger partial charge in [0.05, 0.1) is 12.8 Å². The predicted octanol–water partition coefficient (Wildman–Crippen LogP) is 2.66. The standard InChI is InChI=1S/C14H17N3O/c1-8-5-9(2)13(12(6-8)18-4)11-7-10(3)14(15)17-16-11/h5-7H,1-4H3,(H2,15,17). The van der Waals surface area contributed by atoms with Gasteiger partial charge in [0.2, 0.25) is 0 Å². The van der Waals surface area contributed by atoms with Crippen LogP contribution in [0.2, 0.25) is 0 Å². The minimum Gasteiger partial charge on any atom is -0.496 e. The van der Waals surface area contributed by atoms with Crippen LogP contribution in [-0.4, -0.2) is 17.3 Å². The highest BCUT2D eigenvalue weighted by Crippen LogP contribution is 2.33. The first-order valence-corrected chi connectivity index (χ1v) is 5.78. The van der Waals surface area contributed by atoms with Gasteiger partial charge in [-0.2, -0.15) is 0 Å². The topological polar surface area (TPSA) is 61.0 Å². The minimum absolute atomic E-state index is 0.461. The zero-order valence-electron chi connectivity index (χ0n) is 11.1. The van der Waals surface area contributed by atoms with Crippen LogP contribution in [0.5, 0.6) is 5.75 Å². The lowest BCUT2D eigenvalue weighted by Gasteiger charge is -2.12. The molecule has 1 aromatic heterocycles. The van der Waals surface area contributed by atoms with Gasteiger partial charge in [-0.1, -0.05) is 6.07 Å². The summed E-state index contributed by atoms with van der Waals surface area (Å²) in [6, 6.07) is 6.03. The molecule has 0 radical (unpaired) electrons. The normalized spacial score (nSPS) is 10.4. The highest BCUT2D eigenvalue weighted by molar-refractivity contribution is 5.72. The van der Waals surface area contributed by atoms with E-state index in [0.29, 0.717) is 5.82 Å². The molecule has 4 heteroatoms. The quantitative estimate of drug-likeness (QED) is 0.880. The fourth-order valence-electron chi connectivity index (χ4n) is 2.03. The van der Waals surface area contributed by atoms with E-state index in [1.54, 1.807) is 7.11 Å². The summed E-state index contributed by atoms with van der Waals surface area (Å²) in [6.07, 6.45) is 0. The van der Waals surface area contributed by atoms with Crippen molar-refractivity contribution in [2.45, 2.75) is 20.8 Å². The van der Waals surface area contributed by atoms with Crippen molar-refractivity contribution in [3.63, 3.8) is 0 Å². The molecule has 1 aromatic carbocycles. The molecular formula is C14H17N3O. The Balaban J connectivity index is 2.66. The Morgan fingerprint density at radius 2 is 1.72 bits per heavy atom. The van der Waals surface area contributed by atoms with Crippen LogP contribution in [0.3, 0.4) is 0 Å². The third-order valence-corrected chi connectivity index (χ3v) is 2.94. The third kappa shape index (κ3) is 2.14. The zero-order chi connectivity index (χ0) is 13.3. The lowest BCUT2D eigenvalue weighted by molar-refractivity contribution is 0.415. The predicted molar refractivity (Wildman–Crippen MR) is 72.6 cm³/mol. The molecule has 2 aromatic rings. The lowest BCUT2D eigenvalue weighted by Crippen LogP contribution is -2.00. The van der Waals surface area contributed by atoms with Gasteiger partial charge in [0.1, 0.15) is 11.6 Å². The second-order valence-corrected chi connectivity index (χ2v) is 4.46. The van der Waals surface area contributed by atoms with Crippen molar-refractivity contribution in [3.05, 3.63) is 34.9 Å². The van der Waals surface area contributed by atoms with Crippen LogP contribution in [0, 0.1) is 20.8 Å². The molecule has 2 N–H and O–H groups in total. The van der Waals surface area contributed by atoms with E-state index in [0.717, 1.165) is 33.7 Å². The summed E-state index contributed by atoms with van der Waals surface area (Å²) in [5, 5.41) is 8.12. The molecule has 0 bridgehead atoms. The average molecular weight is 243 g/mol. The van der Waals surface area contributed by atoms with Crippen molar-refractivity contribution < 1.29 is 4.74 Å². The first-order valence-electron chi connectivity index (χ1n) is 5.78. The van der Waals surface area contributed by atoms with Gasteiger partial charge in [-0.15, -0.1) is 10.2 Å². The fraction of sp³-hybridized carbons (Fsp3) is 0.286. The van der Waals surface area contributed by atoms with E-state index in [1.165, 1.54) is 0 Å². The van der Waals surface area contributed by atoms with E-state index in [1.807, 2.05) is 32.9 Å². The summed E-state index contributed by atoms with van der Waals surface area (Å²) >= 11 is 0. The van der Waals surface area contributed by atoms with Gasteiger partial charge in [-0.05, 0) is 49.6 Å². The molecule has 0 saturated carbocycles. The smallest absolute Gasteiger partial charge is 0.149 e. The molecule has 1 heterocycles. The maximum absolute atomic E-state index is 5.69. The van der Waals surface area contributed by atoms with E-state index in [4.69, 9.17) is 10.5 Å². The fourth-order valence-corrected chi connectivity index (χ4v) is 2.03. The molecule has 0 aliphatic heterocycles. The Bertz CT molecular complexity index is 594. The summed E-state index contributed by atoms with van der Waals surface area (Å²) in [6.45, 7) is 6.00. The number of nitrogens with zero attached hydrogens (tertiary/aromatic N) is 2. The monoisotopic (exact) mass is 243 g/mol. The number of nitrogen functional groups attached to an aromatic ring is 1. The SMILES string of the molecule is COc1cc(C)cc(C)c1-c1cc(C)c(N)nn1. The Kier molecular flexibility index (Phi) is 3.19. The van der Waals surface area contributed by atoms with Gasteiger partial charge in [0, 0.05) is 5.56 Å². The first-order chi connectivity index (χ1) is 8.52. The van der Waals surface area contributed by atoms with Gasteiger partial charge in [0.15, 0.2) is 0 Å². The van der Waals surface area contributed by atoms with Crippen LogP contribution in [-0.2, 0) is 0 Å². The molecule has 0 atom stereocenters. The number of hydrogen-bond acceptors (Lipinski definition) is 4. The molecule has 0 aliphatic rings. The summed E-state index contributed by atoms with van der Waals surface area (Å²) in [4.78, 5) is 0. The molecule has 0 spiro atoms. The van der Waals surface area contributed by atoms with E-state index >= 15 is 0 Å². The van der Waals surface area contributed by atoms with Gasteiger partial charge in [-0.25, -0.2) is 0 Å². The number of methoxy groups -OCH3 is 1. The zero-order valence-corrected chi connectivity index (χ0v) is 11.1. The summed E-state index contributed by atoms with van der Waals surface area (Å²) < 4.78 is 5.43. The van der Waals surface area contributed by atoms with Crippen LogP contribution in [0.15, 0.2) is 18.2 Å². The number of aryl methyl sites for hydroxylation is 3. The van der Waals surface area contributed by atoms with E-state index < -0.39 is 0 Å². The molecule has 4 nitrogen and oxygen atoms in total. The Morgan fingerprint density at radius 3 is 2.33 bits per heavy atom. The van der Waals surface area contributed by atoms with Crippen molar-refractivity contribution >= 4 is 5.82 Å². The van der Waals surface area contributed by atoms with Crippen LogP contribution in [0.4, 0.5) is 5.82 Å². The molecule has 18 heavy (non-hydrogen) atoms. The van der Waals surface area contributed by atoms with Gasteiger partial charge < -0.3 is 10.5 Å². The van der Waals surface area contributed by atoms with Crippen LogP contribution in [0.1, 0.15) is 16.7 Å². The number of nitrogens with two attached hydrogens (primary N) is 1. The first kappa shape index (κ1) is 12.4. The number of rotatable bonds is 2. The molecule has 0 aliphatic carbocycles. The molecule has 0 amide bonds. The van der Waals surface area contributed by atoms with Crippen LogP contribution < -0.4 is 10.5 Å². The van der Waals surface area contributed by atoms with Gasteiger partial charge in [-0.3, -0.25) is 0 Å². The van der Waals surface area contributed by atoms with Gasteiger partial charge in [0.25, 0.3) is 0 Å². The third-order valence-electron chi connectivity index (χ3n) is 2.94. The molecule has 94 valence electrons. The van der Waals surface area contributed by atoms with Crippen molar-refractivity contribution in [2.75, 3.05) is 12.8 Å². The van der Waals surface area contributed by atoms with E-state index in [-0.39, 0.29) is 0 Å². The Labute approximate surface area is 107 Å². The molecule has 2 rings (SSSR count). The minimum atomic E-state index is 0.461. The van der Waals surface area contributed by atoms with Crippen LogP contribution in [0.25, 0.3) is 11.3 Å². The summed E-state index contributed by atoms with van der Waals surface area (Å²) in [5.41, 5.74) is 10.6. The lowest BCUT2D eigenvalue weighted by atomic mass is 10.0. The second kappa shape index (κ2) is 4.64. The number of benzene rings is 1. The largest absolute Gasteiger partial charge is 0.496 e. The Morgan fingerprint density at radius 1 is 1.00 bits per heavy atom. The number of anilines is 1. The van der Waals surface area contributed by atoms with Crippen molar-refractivity contribution in [2.24, 2.45) is 0 Å². The highest BCUT2D eigenvalue weighted by Gasteiger charge is 2.13. The highest BCUT2D eigenvalue weighted by atomic mass is 16.5. The van der Waals surface area contributed by atoms with Crippen molar-refractivity contribution in [1.82, 2.24) is 10.2 Å². The van der Waals surface area contributed by atoms with Gasteiger partial charge >= 0.3 is 0 Å². The number of ether oxygens (including phenoxy) is 1. The number of aromatic nitrogens is 2. The summed E-state index contributed by atoms with van der Waals surface area (Å²) in [5.74, 6) is 1.27. The van der Waals surface area contributed by atoms with Crippen molar-refractivity contribution in [1.29, 1.82) is 0 Å². The second-order valence-electron chi connectivity index (χ2n) is 4.46. The maximum atomic E-state index is 5.69. The summed E-state index contributed by atoms with van der Waals surface area (Å²) in [7, 11) is 1.66. The molecule has 0 fully saturated rings. The Hall–Kier alpha value is -2.10. The van der Waals surface area contributed by atoms with E-state index in [2.05, 4.69) is 16.3 Å². The molecule has 0 unspecified atom stereocenters. The van der Waals surface area contributed by atoms with Crippen LogP contribution >= 0.6 is 0 Å². The average Bonchev–Trinajstić information content (AvgIpc) is 2.32.